The lowest BCUT2D eigenvalue weighted by Gasteiger charge is -2.37. The first-order chi connectivity index (χ1) is 16.8. The van der Waals surface area contributed by atoms with Gasteiger partial charge in [-0.15, -0.1) is 0 Å². The van der Waals surface area contributed by atoms with E-state index in [4.69, 9.17) is 18.9 Å². The van der Waals surface area contributed by atoms with Crippen molar-refractivity contribution in [2.45, 2.75) is 30.7 Å². The highest BCUT2D eigenvalue weighted by Crippen LogP contribution is 2.42. The lowest BCUT2D eigenvalue weighted by molar-refractivity contribution is 0.300. The summed E-state index contributed by atoms with van der Waals surface area (Å²) in [6.45, 7) is 2.30. The van der Waals surface area contributed by atoms with Crippen LogP contribution in [-0.4, -0.2) is 47.7 Å². The zero-order valence-electron chi connectivity index (χ0n) is 20.7. The lowest BCUT2D eigenvalue weighted by atomic mass is 9.89. The number of sulfonamides is 1. The average Bonchev–Trinajstić information content (AvgIpc) is 2.87. The van der Waals surface area contributed by atoms with Crippen LogP contribution < -0.4 is 18.9 Å². The largest absolute Gasteiger partial charge is 0.493 e. The van der Waals surface area contributed by atoms with Crippen LogP contribution in [0.25, 0.3) is 0 Å². The van der Waals surface area contributed by atoms with E-state index in [2.05, 4.69) is 0 Å². The molecule has 3 aromatic carbocycles. The molecule has 8 heteroatoms. The summed E-state index contributed by atoms with van der Waals surface area (Å²) < 4.78 is 51.2. The van der Waals surface area contributed by atoms with Crippen molar-refractivity contribution in [3.05, 3.63) is 76.9 Å². The molecule has 7 nitrogen and oxygen atoms in total. The van der Waals surface area contributed by atoms with Gasteiger partial charge in [0.15, 0.2) is 23.0 Å². The molecule has 3 aromatic rings. The van der Waals surface area contributed by atoms with Gasteiger partial charge in [0.2, 0.25) is 10.0 Å². The van der Waals surface area contributed by atoms with Gasteiger partial charge in [-0.25, -0.2) is 8.42 Å². The van der Waals surface area contributed by atoms with Crippen LogP contribution in [0.2, 0.25) is 0 Å². The molecule has 0 aliphatic carbocycles. The number of hydrogen-bond donors (Lipinski definition) is 0. The van der Waals surface area contributed by atoms with Crippen molar-refractivity contribution in [2.75, 3.05) is 35.0 Å². The summed E-state index contributed by atoms with van der Waals surface area (Å²) in [6.07, 6.45) is 1.02. The second kappa shape index (κ2) is 10.2. The van der Waals surface area contributed by atoms with Crippen LogP contribution in [0.3, 0.4) is 0 Å². The van der Waals surface area contributed by atoms with Crippen LogP contribution in [0.4, 0.5) is 0 Å². The number of rotatable bonds is 8. The molecule has 35 heavy (non-hydrogen) atoms. The Labute approximate surface area is 207 Å². The molecule has 0 radical (unpaired) electrons. The number of hydrogen-bond acceptors (Lipinski definition) is 6. The number of aryl methyl sites for hydroxylation is 1. The Hall–Kier alpha value is -3.23. The van der Waals surface area contributed by atoms with E-state index in [0.717, 1.165) is 22.3 Å². The highest BCUT2D eigenvalue weighted by Gasteiger charge is 2.37. The minimum atomic E-state index is -3.75. The smallest absolute Gasteiger partial charge is 0.243 e. The molecule has 0 aromatic heterocycles. The minimum Gasteiger partial charge on any atom is -0.493 e. The SMILES string of the molecule is COc1ccc(CC2c3cc(OC)c(OC)cc3CCN2S(=O)(=O)c2ccc(C)cc2)cc1OC. The van der Waals surface area contributed by atoms with Crippen molar-refractivity contribution in [3.63, 3.8) is 0 Å². The number of methoxy groups -OCH3 is 4. The van der Waals surface area contributed by atoms with Crippen LogP contribution in [0.1, 0.15) is 28.3 Å². The predicted octanol–water partition coefficient (Wildman–Crippen LogP) is 4.56. The zero-order valence-corrected chi connectivity index (χ0v) is 21.5. The number of ether oxygens (including phenoxy) is 4. The second-order valence-electron chi connectivity index (χ2n) is 8.49. The molecule has 0 saturated carbocycles. The fourth-order valence-corrected chi connectivity index (χ4v) is 6.19. The second-order valence-corrected chi connectivity index (χ2v) is 10.4. The van der Waals surface area contributed by atoms with Crippen LogP contribution >= 0.6 is 0 Å². The molecule has 0 saturated heterocycles. The van der Waals surface area contributed by atoms with E-state index in [0.29, 0.717) is 42.4 Å². The number of benzene rings is 3. The maximum Gasteiger partial charge on any atom is 0.243 e. The Balaban J connectivity index is 1.83. The van der Waals surface area contributed by atoms with Gasteiger partial charge in [0.1, 0.15) is 0 Å². The van der Waals surface area contributed by atoms with Crippen molar-refractivity contribution in [1.82, 2.24) is 4.31 Å². The first kappa shape index (κ1) is 24.9. The third kappa shape index (κ3) is 4.81. The summed E-state index contributed by atoms with van der Waals surface area (Å²) in [5.41, 5.74) is 3.88. The molecule has 1 aliphatic rings. The van der Waals surface area contributed by atoms with Gasteiger partial charge in [-0.1, -0.05) is 23.8 Å². The number of fused-ring (bicyclic) bond motifs is 1. The quantitative estimate of drug-likeness (QED) is 0.454. The summed E-state index contributed by atoms with van der Waals surface area (Å²) in [5.74, 6) is 2.42. The van der Waals surface area contributed by atoms with Gasteiger partial charge in [-0.3, -0.25) is 0 Å². The first-order valence-electron chi connectivity index (χ1n) is 11.4. The van der Waals surface area contributed by atoms with E-state index in [-0.39, 0.29) is 4.90 Å². The summed E-state index contributed by atoms with van der Waals surface area (Å²) in [4.78, 5) is 0.282. The van der Waals surface area contributed by atoms with Crippen molar-refractivity contribution in [2.24, 2.45) is 0 Å². The van der Waals surface area contributed by atoms with Gasteiger partial charge in [0.25, 0.3) is 0 Å². The third-order valence-electron chi connectivity index (χ3n) is 6.46. The van der Waals surface area contributed by atoms with E-state index >= 15 is 0 Å². The molecule has 4 rings (SSSR count). The van der Waals surface area contributed by atoms with Crippen molar-refractivity contribution in [3.8, 4) is 23.0 Å². The summed E-state index contributed by atoms with van der Waals surface area (Å²) >= 11 is 0. The average molecular weight is 498 g/mol. The van der Waals surface area contributed by atoms with E-state index in [1.807, 2.05) is 49.4 Å². The molecule has 186 valence electrons. The molecule has 1 atom stereocenters. The molecule has 1 aliphatic heterocycles. The molecule has 1 heterocycles. The Bertz CT molecular complexity index is 1300. The van der Waals surface area contributed by atoms with E-state index in [1.165, 1.54) is 0 Å². The minimum absolute atomic E-state index is 0.282. The Kier molecular flexibility index (Phi) is 7.23. The summed E-state index contributed by atoms with van der Waals surface area (Å²) in [7, 11) is 2.60. The normalized spacial score (nSPS) is 15.9. The molecular weight excluding hydrogens is 466 g/mol. The summed E-state index contributed by atoms with van der Waals surface area (Å²) in [5, 5.41) is 0. The maximum atomic E-state index is 13.8. The molecule has 0 amide bonds. The fourth-order valence-electron chi connectivity index (χ4n) is 4.58. The van der Waals surface area contributed by atoms with E-state index in [9.17, 15) is 8.42 Å². The van der Waals surface area contributed by atoms with Gasteiger partial charge in [0.05, 0.1) is 39.4 Å². The van der Waals surface area contributed by atoms with Crippen molar-refractivity contribution in [1.29, 1.82) is 0 Å². The Morgan fingerprint density at radius 1 is 0.800 bits per heavy atom. The molecular formula is C27H31NO6S. The Morgan fingerprint density at radius 3 is 2.03 bits per heavy atom. The monoisotopic (exact) mass is 497 g/mol. The topological polar surface area (TPSA) is 74.3 Å². The third-order valence-corrected chi connectivity index (χ3v) is 8.38. The first-order valence-corrected chi connectivity index (χ1v) is 12.8. The molecule has 0 spiro atoms. The van der Waals surface area contributed by atoms with Gasteiger partial charge in [0, 0.05) is 6.54 Å². The number of nitrogens with zero attached hydrogens (tertiary/aromatic N) is 1. The summed E-state index contributed by atoms with van der Waals surface area (Å²) in [6, 6.07) is 16.1. The van der Waals surface area contributed by atoms with Gasteiger partial charge >= 0.3 is 0 Å². The highest BCUT2D eigenvalue weighted by atomic mass is 32.2. The maximum absolute atomic E-state index is 13.8. The standard InChI is InChI=1S/C27H31NO6S/c1-18-6-9-21(10-7-18)35(29,30)28-13-12-20-16-26(33-4)27(34-5)17-22(20)23(28)14-19-8-11-24(31-2)25(15-19)32-3/h6-11,15-17,23H,12-14H2,1-5H3. The molecule has 0 N–H and O–H groups in total. The lowest BCUT2D eigenvalue weighted by Crippen LogP contribution is -2.41. The Morgan fingerprint density at radius 2 is 1.40 bits per heavy atom. The molecule has 0 fully saturated rings. The van der Waals surface area contributed by atoms with Gasteiger partial charge in [-0.05, 0) is 72.9 Å². The fraction of sp³-hybridized carbons (Fsp3) is 0.333. The van der Waals surface area contributed by atoms with Gasteiger partial charge in [-0.2, -0.15) is 4.31 Å². The van der Waals surface area contributed by atoms with Crippen LogP contribution in [0, 0.1) is 6.92 Å². The van der Waals surface area contributed by atoms with Gasteiger partial charge < -0.3 is 18.9 Å². The van der Waals surface area contributed by atoms with Crippen LogP contribution in [0.5, 0.6) is 23.0 Å². The predicted molar refractivity (Wildman–Crippen MR) is 134 cm³/mol. The van der Waals surface area contributed by atoms with Crippen molar-refractivity contribution < 1.29 is 27.4 Å². The van der Waals surface area contributed by atoms with E-state index in [1.54, 1.807) is 44.9 Å². The van der Waals surface area contributed by atoms with Crippen molar-refractivity contribution >= 4 is 10.0 Å². The highest BCUT2D eigenvalue weighted by molar-refractivity contribution is 7.89. The van der Waals surface area contributed by atoms with Crippen LogP contribution in [-0.2, 0) is 22.9 Å². The van der Waals surface area contributed by atoms with Crippen LogP contribution in [0.15, 0.2) is 59.5 Å². The molecule has 0 bridgehead atoms. The van der Waals surface area contributed by atoms with E-state index < -0.39 is 16.1 Å². The zero-order chi connectivity index (χ0) is 25.2. The molecule has 1 unspecified atom stereocenters.